The molecule has 0 unspecified atom stereocenters. The number of aromatic nitrogens is 3. The molecule has 4 rings (SSSR count). The van der Waals surface area contributed by atoms with Crippen molar-refractivity contribution >= 4 is 17.7 Å². The molecule has 0 radical (unpaired) electrons. The fraction of sp³-hybridized carbons (Fsp3) is 0.640. The zero-order chi connectivity index (χ0) is 24.0. The number of ether oxygens (including phenoxy) is 2. The Morgan fingerprint density at radius 2 is 1.70 bits per heavy atom. The third kappa shape index (κ3) is 5.69. The van der Waals surface area contributed by atoms with Gasteiger partial charge in [-0.2, -0.15) is 0 Å². The van der Waals surface area contributed by atoms with E-state index in [1.165, 1.54) is 0 Å². The quantitative estimate of drug-likeness (QED) is 0.532. The molecular weight excluding hydrogens is 440 g/mol. The van der Waals surface area contributed by atoms with Gasteiger partial charge in [0.1, 0.15) is 11.4 Å². The Morgan fingerprint density at radius 3 is 2.33 bits per heavy atom. The topological polar surface area (TPSA) is 69.5 Å². The first-order valence-electron chi connectivity index (χ1n) is 11.8. The van der Waals surface area contributed by atoms with Gasteiger partial charge in [0, 0.05) is 10.9 Å². The highest BCUT2D eigenvalue weighted by Gasteiger charge is 2.33. The average Bonchev–Trinajstić information content (AvgIpc) is 3.02. The Labute approximate surface area is 201 Å². The third-order valence-corrected chi connectivity index (χ3v) is 6.18. The van der Waals surface area contributed by atoms with E-state index in [0.717, 1.165) is 48.6 Å². The van der Waals surface area contributed by atoms with Crippen molar-refractivity contribution in [3.63, 3.8) is 0 Å². The van der Waals surface area contributed by atoms with Crippen LogP contribution in [-0.2, 0) is 22.6 Å². The molecule has 0 N–H and O–H groups in total. The number of hydrogen-bond donors (Lipinski definition) is 0. The van der Waals surface area contributed by atoms with E-state index in [4.69, 9.17) is 21.1 Å². The number of rotatable bonds is 2. The molecular formula is C25H35ClN4O3. The fourth-order valence-corrected chi connectivity index (χ4v) is 4.88. The van der Waals surface area contributed by atoms with Gasteiger partial charge >= 0.3 is 6.09 Å². The lowest BCUT2D eigenvalue weighted by molar-refractivity contribution is -0.0753. The second kappa shape index (κ2) is 8.91. The summed E-state index contributed by atoms with van der Waals surface area (Å²) in [4.78, 5) is 14.6. The van der Waals surface area contributed by atoms with Gasteiger partial charge in [0.25, 0.3) is 0 Å². The summed E-state index contributed by atoms with van der Waals surface area (Å²) < 4.78 is 14.0. The van der Waals surface area contributed by atoms with E-state index in [1.807, 2.05) is 39.0 Å². The van der Waals surface area contributed by atoms with Crippen LogP contribution >= 0.6 is 11.6 Å². The molecule has 1 fully saturated rings. The molecule has 1 amide bonds. The molecule has 2 aromatic rings. The molecule has 33 heavy (non-hydrogen) atoms. The van der Waals surface area contributed by atoms with E-state index >= 15 is 0 Å². The minimum Gasteiger partial charge on any atom is -0.444 e. The molecule has 180 valence electrons. The van der Waals surface area contributed by atoms with E-state index in [-0.39, 0.29) is 17.8 Å². The lowest BCUT2D eigenvalue weighted by atomic mass is 9.86. The summed E-state index contributed by atoms with van der Waals surface area (Å²) in [5.41, 5.74) is 1.23. The largest absolute Gasteiger partial charge is 0.444 e. The summed E-state index contributed by atoms with van der Waals surface area (Å²) in [5, 5.41) is 9.77. The summed E-state index contributed by atoms with van der Waals surface area (Å²) in [6, 6.07) is 5.80. The number of nitrogens with zero attached hydrogens (tertiary/aromatic N) is 4. The van der Waals surface area contributed by atoms with Crippen molar-refractivity contribution in [1.82, 2.24) is 19.7 Å². The summed E-state index contributed by atoms with van der Waals surface area (Å²) in [7, 11) is 0. The van der Waals surface area contributed by atoms with Crippen LogP contribution in [0.1, 0.15) is 90.4 Å². The highest BCUT2D eigenvalue weighted by molar-refractivity contribution is 6.30. The third-order valence-electron chi connectivity index (χ3n) is 5.94. The van der Waals surface area contributed by atoms with Gasteiger partial charge in [0.05, 0.1) is 30.5 Å². The van der Waals surface area contributed by atoms with E-state index in [2.05, 4.69) is 35.5 Å². The average molecular weight is 475 g/mol. The molecule has 2 heterocycles. The van der Waals surface area contributed by atoms with Crippen LogP contribution < -0.4 is 0 Å². The Bertz CT molecular complexity index is 1010. The van der Waals surface area contributed by atoms with Crippen LogP contribution in [-0.4, -0.2) is 43.1 Å². The maximum Gasteiger partial charge on any atom is 0.411 e. The lowest BCUT2D eigenvalue weighted by Gasteiger charge is -2.33. The second-order valence-electron chi connectivity index (χ2n) is 11.1. The fourth-order valence-electron chi connectivity index (χ4n) is 4.69. The van der Waals surface area contributed by atoms with Crippen molar-refractivity contribution in [3.8, 4) is 5.69 Å². The Balaban J connectivity index is 1.63. The molecule has 0 saturated heterocycles. The first-order valence-corrected chi connectivity index (χ1v) is 12.2. The Morgan fingerprint density at radius 1 is 1.00 bits per heavy atom. The summed E-state index contributed by atoms with van der Waals surface area (Å²) in [6.45, 7) is 12.7. The van der Waals surface area contributed by atoms with Gasteiger partial charge in [-0.15, -0.1) is 10.2 Å². The van der Waals surface area contributed by atoms with Gasteiger partial charge in [-0.3, -0.25) is 9.47 Å². The van der Waals surface area contributed by atoms with Crippen molar-refractivity contribution in [3.05, 3.63) is 40.4 Å². The first-order chi connectivity index (χ1) is 15.4. The Hall–Kier alpha value is -2.12. The molecule has 1 aromatic heterocycles. The molecule has 8 heteroatoms. The maximum atomic E-state index is 12.9. The van der Waals surface area contributed by atoms with Gasteiger partial charge in [-0.25, -0.2) is 4.79 Å². The maximum absolute atomic E-state index is 12.9. The SMILES string of the molecule is CC(C)(C)OC(=O)N1Cc2cc(Cl)ccc2-n2c(nnc2[C@H]2CC[C@H](OC(C)(C)C)CC2)C1. The second-order valence-corrected chi connectivity index (χ2v) is 11.6. The monoisotopic (exact) mass is 474 g/mol. The summed E-state index contributed by atoms with van der Waals surface area (Å²) in [6.07, 6.45) is 3.91. The van der Waals surface area contributed by atoms with Crippen molar-refractivity contribution < 1.29 is 14.3 Å². The molecule has 0 spiro atoms. The number of fused-ring (bicyclic) bond motifs is 3. The standard InChI is InChI=1S/C25H35ClN4O3/c1-24(2,3)32-19-10-7-16(8-11-19)22-28-27-21-15-29(23(31)33-25(4,5)6)14-17-13-18(26)9-12-20(17)30(21)22/h9,12-13,16,19H,7-8,10-11,14-15H2,1-6H3/t16-,19-. The van der Waals surface area contributed by atoms with Gasteiger partial charge in [0.2, 0.25) is 0 Å². The van der Waals surface area contributed by atoms with E-state index in [9.17, 15) is 4.79 Å². The number of amides is 1. The van der Waals surface area contributed by atoms with E-state index in [1.54, 1.807) is 4.90 Å². The van der Waals surface area contributed by atoms with E-state index in [0.29, 0.717) is 24.0 Å². The zero-order valence-electron chi connectivity index (χ0n) is 20.5. The van der Waals surface area contributed by atoms with Crippen molar-refractivity contribution in [1.29, 1.82) is 0 Å². The first kappa shape index (κ1) is 24.0. The van der Waals surface area contributed by atoms with Crippen LogP contribution in [0, 0.1) is 0 Å². The lowest BCUT2D eigenvalue weighted by Crippen LogP contribution is -2.35. The van der Waals surface area contributed by atoms with Gasteiger partial charge in [-0.1, -0.05) is 11.6 Å². The van der Waals surface area contributed by atoms with Crippen molar-refractivity contribution in [2.75, 3.05) is 0 Å². The van der Waals surface area contributed by atoms with Gasteiger partial charge in [-0.05, 0) is 91.0 Å². The molecule has 1 aromatic carbocycles. The molecule has 1 aliphatic heterocycles. The van der Waals surface area contributed by atoms with Crippen molar-refractivity contribution in [2.45, 2.75) is 104 Å². The highest BCUT2D eigenvalue weighted by Crippen LogP contribution is 2.37. The molecule has 0 atom stereocenters. The zero-order valence-corrected chi connectivity index (χ0v) is 21.3. The predicted molar refractivity (Wildman–Crippen MR) is 128 cm³/mol. The molecule has 0 bridgehead atoms. The van der Waals surface area contributed by atoms with Crippen LogP contribution in [0.5, 0.6) is 0 Å². The smallest absolute Gasteiger partial charge is 0.411 e. The van der Waals surface area contributed by atoms with Gasteiger partial charge < -0.3 is 9.47 Å². The minimum atomic E-state index is -0.576. The number of benzene rings is 1. The molecule has 1 aliphatic carbocycles. The Kier molecular flexibility index (Phi) is 6.49. The highest BCUT2D eigenvalue weighted by atomic mass is 35.5. The van der Waals surface area contributed by atoms with Crippen molar-refractivity contribution in [2.24, 2.45) is 0 Å². The summed E-state index contributed by atoms with van der Waals surface area (Å²) in [5.74, 6) is 1.99. The minimum absolute atomic E-state index is 0.132. The number of carbonyl (C=O) groups excluding carboxylic acids is 1. The number of carbonyl (C=O) groups is 1. The normalized spacial score (nSPS) is 21.2. The van der Waals surface area contributed by atoms with E-state index < -0.39 is 5.60 Å². The molecule has 7 nitrogen and oxygen atoms in total. The predicted octanol–water partition coefficient (Wildman–Crippen LogP) is 6.01. The van der Waals surface area contributed by atoms with Crippen LogP contribution in [0.25, 0.3) is 5.69 Å². The van der Waals surface area contributed by atoms with Gasteiger partial charge in [0.15, 0.2) is 5.82 Å². The summed E-state index contributed by atoms with van der Waals surface area (Å²) >= 11 is 6.33. The number of halogens is 1. The molecule has 1 saturated carbocycles. The van der Waals surface area contributed by atoms with Crippen LogP contribution in [0.15, 0.2) is 18.2 Å². The van der Waals surface area contributed by atoms with Crippen LogP contribution in [0.2, 0.25) is 5.02 Å². The van der Waals surface area contributed by atoms with Crippen LogP contribution in [0.3, 0.4) is 0 Å². The van der Waals surface area contributed by atoms with Crippen LogP contribution in [0.4, 0.5) is 4.79 Å². The number of hydrogen-bond acceptors (Lipinski definition) is 5. The molecule has 2 aliphatic rings.